The van der Waals surface area contributed by atoms with Crippen LogP contribution in [0.3, 0.4) is 0 Å². The summed E-state index contributed by atoms with van der Waals surface area (Å²) >= 11 is 0. The van der Waals surface area contributed by atoms with Gasteiger partial charge in [-0.3, -0.25) is 9.36 Å². The van der Waals surface area contributed by atoms with Gasteiger partial charge in [0.05, 0.1) is 5.56 Å². The molecular weight excluding hydrogens is 508 g/mol. The normalized spacial score (nSPS) is 24.8. The number of rotatable bonds is 7. The van der Waals surface area contributed by atoms with Crippen molar-refractivity contribution in [2.24, 2.45) is 5.11 Å². The summed E-state index contributed by atoms with van der Waals surface area (Å²) in [4.78, 5) is 45.0. The minimum atomic E-state index is -1.85. The molecule has 0 aliphatic carbocycles. The van der Waals surface area contributed by atoms with Crippen LogP contribution in [-0.4, -0.2) is 51.8 Å². The Balaban J connectivity index is 1.42. The highest BCUT2D eigenvalue weighted by Crippen LogP contribution is 2.48. The number of ether oxygens (including phenoxy) is 4. The maximum absolute atomic E-state index is 13.1. The van der Waals surface area contributed by atoms with E-state index in [0.717, 1.165) is 4.57 Å². The highest BCUT2D eigenvalue weighted by atomic mass is 16.8. The van der Waals surface area contributed by atoms with Gasteiger partial charge >= 0.3 is 11.7 Å². The number of nitrogens with one attached hydrogen (secondary N) is 1. The molecule has 200 valence electrons. The number of amides is 1. The number of esters is 1. The van der Waals surface area contributed by atoms with Crippen LogP contribution in [0.25, 0.3) is 10.4 Å². The molecule has 4 atom stereocenters. The number of benzene rings is 2. The first kappa shape index (κ1) is 26.1. The van der Waals surface area contributed by atoms with Gasteiger partial charge in [-0.05, 0) is 49.7 Å². The molecule has 39 heavy (non-hydrogen) atoms. The molecule has 0 radical (unpaired) electrons. The molecule has 1 amide bonds. The molecular formula is C26H24N6O7. The first-order valence-corrected chi connectivity index (χ1v) is 12.0. The molecule has 2 aliphatic rings. The van der Waals surface area contributed by atoms with E-state index >= 15 is 0 Å². The quantitative estimate of drug-likeness (QED) is 0.209. The number of nitrogens with zero attached hydrogens (tertiary/aromatic N) is 5. The molecule has 1 N–H and O–H groups in total. The van der Waals surface area contributed by atoms with Crippen molar-refractivity contribution in [2.45, 2.75) is 43.8 Å². The minimum absolute atomic E-state index is 0.0293. The number of carbonyl (C=O) groups is 2. The molecule has 0 bridgehead atoms. The summed E-state index contributed by atoms with van der Waals surface area (Å²) < 4.78 is 24.7. The van der Waals surface area contributed by atoms with Crippen molar-refractivity contribution >= 4 is 17.7 Å². The summed E-state index contributed by atoms with van der Waals surface area (Å²) in [6.45, 7) is 2.81. The minimum Gasteiger partial charge on any atom is -0.459 e. The standard InChI is InChI=1S/C26H24N6O7/c1-25(2)37-19-20(38-25)26(30-31-27,15-36-23(34)17-11-7-4-8-12-17)39-22(19)32-14-13-18(29-24(32)35)28-21(33)16-9-5-3-6-10-16/h3-14,19-20,22H,15H2,1-2H3,(H,28,29,33,35)/t19-,20+,22-,26-/m1/s1. The van der Waals surface area contributed by atoms with Gasteiger partial charge in [-0.1, -0.05) is 41.5 Å². The predicted molar refractivity (Wildman–Crippen MR) is 135 cm³/mol. The van der Waals surface area contributed by atoms with E-state index in [4.69, 9.17) is 18.9 Å². The van der Waals surface area contributed by atoms with E-state index in [2.05, 4.69) is 20.3 Å². The fourth-order valence-electron chi connectivity index (χ4n) is 4.49. The maximum Gasteiger partial charge on any atom is 0.351 e. The van der Waals surface area contributed by atoms with Crippen LogP contribution in [0.4, 0.5) is 5.82 Å². The van der Waals surface area contributed by atoms with Gasteiger partial charge in [-0.15, -0.1) is 0 Å². The largest absolute Gasteiger partial charge is 0.459 e. The van der Waals surface area contributed by atoms with Crippen LogP contribution in [0.15, 0.2) is 82.8 Å². The van der Waals surface area contributed by atoms with Gasteiger partial charge in [0.25, 0.3) is 5.91 Å². The Labute approximate surface area is 221 Å². The number of fused-ring (bicyclic) bond motifs is 1. The molecule has 1 aromatic heterocycles. The smallest absolute Gasteiger partial charge is 0.351 e. The van der Waals surface area contributed by atoms with Gasteiger partial charge in [0, 0.05) is 16.7 Å². The molecule has 0 saturated carbocycles. The second-order valence-electron chi connectivity index (χ2n) is 9.33. The van der Waals surface area contributed by atoms with Gasteiger partial charge in [-0.2, -0.15) is 4.98 Å². The van der Waals surface area contributed by atoms with E-state index in [-0.39, 0.29) is 11.4 Å². The molecule has 2 aliphatic heterocycles. The van der Waals surface area contributed by atoms with Gasteiger partial charge in [0.1, 0.15) is 24.6 Å². The lowest BCUT2D eigenvalue weighted by Gasteiger charge is -2.30. The Hall–Kier alpha value is -4.55. The number of azide groups is 1. The van der Waals surface area contributed by atoms with E-state index in [1.54, 1.807) is 74.5 Å². The molecule has 13 heteroatoms. The third kappa shape index (κ3) is 5.24. The average Bonchev–Trinajstić information content (AvgIpc) is 3.40. The number of hydrogen-bond donors (Lipinski definition) is 1. The maximum atomic E-state index is 13.1. The van der Waals surface area contributed by atoms with Crippen molar-refractivity contribution in [1.29, 1.82) is 0 Å². The Bertz CT molecular complexity index is 1490. The van der Waals surface area contributed by atoms with Crippen LogP contribution in [0.1, 0.15) is 40.8 Å². The summed E-state index contributed by atoms with van der Waals surface area (Å²) in [5.41, 5.74) is 7.44. The van der Waals surface area contributed by atoms with Crippen LogP contribution < -0.4 is 11.0 Å². The summed E-state index contributed by atoms with van der Waals surface area (Å²) in [6, 6.07) is 18.1. The van der Waals surface area contributed by atoms with Crippen LogP contribution in [0.2, 0.25) is 0 Å². The van der Waals surface area contributed by atoms with Gasteiger partial charge in [0.2, 0.25) is 5.72 Å². The van der Waals surface area contributed by atoms with E-state index in [9.17, 15) is 19.9 Å². The predicted octanol–water partition coefficient (Wildman–Crippen LogP) is 3.41. The van der Waals surface area contributed by atoms with E-state index in [1.165, 1.54) is 12.3 Å². The number of anilines is 1. The van der Waals surface area contributed by atoms with Crippen LogP contribution in [0.5, 0.6) is 0 Å². The molecule has 0 spiro atoms. The molecule has 2 fully saturated rings. The lowest BCUT2D eigenvalue weighted by molar-refractivity contribution is -0.225. The van der Waals surface area contributed by atoms with Crippen molar-refractivity contribution in [3.63, 3.8) is 0 Å². The zero-order chi connectivity index (χ0) is 27.6. The van der Waals surface area contributed by atoms with E-state index < -0.39 is 54.1 Å². The lowest BCUT2D eigenvalue weighted by atomic mass is 10.1. The monoisotopic (exact) mass is 532 g/mol. The second kappa shape index (κ2) is 10.3. The molecule has 2 saturated heterocycles. The summed E-state index contributed by atoms with van der Waals surface area (Å²) in [6.07, 6.45) is -1.74. The van der Waals surface area contributed by atoms with Crippen molar-refractivity contribution < 1.29 is 28.5 Å². The highest BCUT2D eigenvalue weighted by Gasteiger charge is 2.64. The van der Waals surface area contributed by atoms with Crippen molar-refractivity contribution in [2.75, 3.05) is 11.9 Å². The van der Waals surface area contributed by atoms with Crippen LogP contribution in [-0.2, 0) is 18.9 Å². The molecule has 3 aromatic rings. The average molecular weight is 533 g/mol. The van der Waals surface area contributed by atoms with E-state index in [0.29, 0.717) is 5.56 Å². The third-order valence-electron chi connectivity index (χ3n) is 6.19. The zero-order valence-corrected chi connectivity index (χ0v) is 21.0. The molecule has 13 nitrogen and oxygen atoms in total. The first-order chi connectivity index (χ1) is 18.7. The Kier molecular flexibility index (Phi) is 6.89. The lowest BCUT2D eigenvalue weighted by Crippen LogP contribution is -2.45. The van der Waals surface area contributed by atoms with Crippen LogP contribution in [0, 0.1) is 0 Å². The van der Waals surface area contributed by atoms with Gasteiger partial charge in [-0.25, -0.2) is 9.59 Å². The Morgan fingerprint density at radius 1 is 1.05 bits per heavy atom. The number of aromatic nitrogens is 2. The van der Waals surface area contributed by atoms with Crippen LogP contribution >= 0.6 is 0 Å². The first-order valence-electron chi connectivity index (χ1n) is 12.0. The topological polar surface area (TPSA) is 167 Å². The second-order valence-corrected chi connectivity index (χ2v) is 9.33. The Morgan fingerprint density at radius 3 is 2.36 bits per heavy atom. The SMILES string of the molecule is CC1(C)O[C@H]2[C@H](n3ccc(NC(=O)c4ccccc4)nc3=O)O[C@@](COC(=O)c3ccccc3)(N=[N+]=[N-])[C@H]2O1. The van der Waals surface area contributed by atoms with Crippen molar-refractivity contribution in [3.8, 4) is 0 Å². The van der Waals surface area contributed by atoms with E-state index in [1.807, 2.05) is 0 Å². The summed E-state index contributed by atoms with van der Waals surface area (Å²) in [5, 5.41) is 6.39. The van der Waals surface area contributed by atoms with Crippen molar-refractivity contribution in [3.05, 3.63) is 105 Å². The van der Waals surface area contributed by atoms with Crippen molar-refractivity contribution in [1.82, 2.24) is 9.55 Å². The molecule has 0 unspecified atom stereocenters. The third-order valence-corrected chi connectivity index (χ3v) is 6.19. The summed E-state index contributed by atoms with van der Waals surface area (Å²) in [7, 11) is 0. The zero-order valence-electron chi connectivity index (χ0n) is 21.0. The number of hydrogen-bond acceptors (Lipinski definition) is 9. The number of carbonyl (C=O) groups excluding carboxylic acids is 2. The Morgan fingerprint density at radius 2 is 1.72 bits per heavy atom. The highest BCUT2D eigenvalue weighted by molar-refractivity contribution is 6.03. The van der Waals surface area contributed by atoms with Gasteiger partial charge < -0.3 is 24.3 Å². The molecule has 5 rings (SSSR count). The fourth-order valence-corrected chi connectivity index (χ4v) is 4.49. The fraction of sp³-hybridized carbons (Fsp3) is 0.308. The van der Waals surface area contributed by atoms with Gasteiger partial charge in [0.15, 0.2) is 12.0 Å². The molecule has 3 heterocycles. The summed E-state index contributed by atoms with van der Waals surface area (Å²) in [5.74, 6) is -2.20. The molecule has 2 aromatic carbocycles.